The average Bonchev–Trinajstić information content (AvgIpc) is 3.15. The number of hydrogen-bond donors (Lipinski definition) is 1. The van der Waals surface area contributed by atoms with Crippen LogP contribution in [-0.4, -0.2) is 50.4 Å². The van der Waals surface area contributed by atoms with Gasteiger partial charge in [0.1, 0.15) is 5.76 Å². The fourth-order valence-corrected chi connectivity index (χ4v) is 5.26. The summed E-state index contributed by atoms with van der Waals surface area (Å²) in [6, 6.07) is 3.85. The molecule has 2 saturated heterocycles. The summed E-state index contributed by atoms with van der Waals surface area (Å²) in [5.41, 5.74) is 0. The van der Waals surface area contributed by atoms with E-state index in [1.54, 1.807) is 6.26 Å². The number of carbonyl (C=O) groups excluding carboxylic acids is 1. The maximum atomic E-state index is 12.2. The normalized spacial score (nSPS) is 25.5. The van der Waals surface area contributed by atoms with Gasteiger partial charge in [-0.3, -0.25) is 9.69 Å². The Kier molecular flexibility index (Phi) is 5.06. The van der Waals surface area contributed by atoms with Crippen molar-refractivity contribution in [3.8, 4) is 0 Å². The molecule has 6 nitrogen and oxygen atoms in total. The van der Waals surface area contributed by atoms with Crippen molar-refractivity contribution in [3.63, 3.8) is 0 Å². The van der Waals surface area contributed by atoms with Gasteiger partial charge < -0.3 is 9.73 Å². The summed E-state index contributed by atoms with van der Waals surface area (Å²) in [7, 11) is -2.87. The lowest BCUT2D eigenvalue weighted by Crippen LogP contribution is -2.41. The predicted octanol–water partition coefficient (Wildman–Crippen LogP) is 1.04. The third-order valence-electron chi connectivity index (χ3n) is 4.81. The number of nitrogens with one attached hydrogen (secondary N) is 1. The molecule has 0 saturated carbocycles. The summed E-state index contributed by atoms with van der Waals surface area (Å²) < 4.78 is 28.2. The standard InChI is InChI=1S/C16H24N2O4S/c19-16(17-10-13-5-9-23(20,21)12-13)14-3-6-18(7-4-14)11-15-2-1-8-22-15/h1-2,8,13-14H,3-7,9-12H2,(H,17,19)/t13-/m0/s1. The Labute approximate surface area is 137 Å². The van der Waals surface area contributed by atoms with E-state index < -0.39 is 9.84 Å². The summed E-state index contributed by atoms with van der Waals surface area (Å²) >= 11 is 0. The van der Waals surface area contributed by atoms with Crippen LogP contribution >= 0.6 is 0 Å². The maximum Gasteiger partial charge on any atom is 0.223 e. The molecule has 2 aliphatic heterocycles. The first kappa shape index (κ1) is 16.5. The van der Waals surface area contributed by atoms with Crippen molar-refractivity contribution in [3.05, 3.63) is 24.2 Å². The Morgan fingerprint density at radius 3 is 2.70 bits per heavy atom. The molecule has 23 heavy (non-hydrogen) atoms. The summed E-state index contributed by atoms with van der Waals surface area (Å²) in [5, 5.41) is 2.95. The second-order valence-electron chi connectivity index (χ2n) is 6.64. The first-order valence-electron chi connectivity index (χ1n) is 8.25. The average molecular weight is 340 g/mol. The molecule has 2 fully saturated rings. The van der Waals surface area contributed by atoms with Crippen molar-refractivity contribution in [2.75, 3.05) is 31.1 Å². The Morgan fingerprint density at radius 1 is 1.30 bits per heavy atom. The Balaban J connectivity index is 1.38. The molecule has 1 amide bonds. The molecule has 1 aromatic heterocycles. The van der Waals surface area contributed by atoms with Crippen LogP contribution in [0, 0.1) is 11.8 Å². The number of sulfone groups is 1. The van der Waals surface area contributed by atoms with E-state index in [2.05, 4.69) is 10.2 Å². The lowest BCUT2D eigenvalue weighted by Gasteiger charge is -2.30. The number of furan rings is 1. The van der Waals surface area contributed by atoms with E-state index in [1.165, 1.54) is 0 Å². The SMILES string of the molecule is O=C(NC[C@@H]1CCS(=O)(=O)C1)C1CCN(Cc2ccco2)CC1. The minimum Gasteiger partial charge on any atom is -0.468 e. The summed E-state index contributed by atoms with van der Waals surface area (Å²) in [4.78, 5) is 14.5. The molecule has 2 aliphatic rings. The fourth-order valence-electron chi connectivity index (χ4n) is 3.40. The third kappa shape index (κ3) is 4.57. The van der Waals surface area contributed by atoms with Gasteiger partial charge in [0.15, 0.2) is 9.84 Å². The van der Waals surface area contributed by atoms with E-state index >= 15 is 0 Å². The van der Waals surface area contributed by atoms with E-state index in [0.29, 0.717) is 13.0 Å². The van der Waals surface area contributed by atoms with Gasteiger partial charge in [0, 0.05) is 12.5 Å². The minimum absolute atomic E-state index is 0.0425. The Morgan fingerprint density at radius 2 is 2.09 bits per heavy atom. The highest BCUT2D eigenvalue weighted by atomic mass is 32.2. The fraction of sp³-hybridized carbons (Fsp3) is 0.688. The molecule has 7 heteroatoms. The number of amides is 1. The highest BCUT2D eigenvalue weighted by Crippen LogP contribution is 2.21. The largest absolute Gasteiger partial charge is 0.468 e. The molecule has 3 rings (SSSR count). The van der Waals surface area contributed by atoms with E-state index in [1.807, 2.05) is 12.1 Å². The molecular weight excluding hydrogens is 316 g/mol. The van der Waals surface area contributed by atoms with Gasteiger partial charge in [-0.25, -0.2) is 8.42 Å². The van der Waals surface area contributed by atoms with E-state index in [-0.39, 0.29) is 29.2 Å². The van der Waals surface area contributed by atoms with Crippen molar-refractivity contribution in [1.82, 2.24) is 10.2 Å². The van der Waals surface area contributed by atoms with Crippen molar-refractivity contribution < 1.29 is 17.6 Å². The topological polar surface area (TPSA) is 79.6 Å². The number of likely N-dealkylation sites (tertiary alicyclic amines) is 1. The number of carbonyl (C=O) groups is 1. The van der Waals surface area contributed by atoms with Crippen LogP contribution in [0.3, 0.4) is 0 Å². The van der Waals surface area contributed by atoms with Crippen LogP contribution < -0.4 is 5.32 Å². The lowest BCUT2D eigenvalue weighted by atomic mass is 9.95. The predicted molar refractivity (Wildman–Crippen MR) is 86.5 cm³/mol. The third-order valence-corrected chi connectivity index (χ3v) is 6.65. The minimum atomic E-state index is -2.87. The van der Waals surface area contributed by atoms with E-state index in [9.17, 15) is 13.2 Å². The second-order valence-corrected chi connectivity index (χ2v) is 8.87. The van der Waals surface area contributed by atoms with Crippen LogP contribution in [0.4, 0.5) is 0 Å². The van der Waals surface area contributed by atoms with Gasteiger partial charge in [-0.15, -0.1) is 0 Å². The monoisotopic (exact) mass is 340 g/mol. The summed E-state index contributed by atoms with van der Waals surface area (Å²) in [6.45, 7) is 3.05. The molecule has 1 N–H and O–H groups in total. The molecule has 3 heterocycles. The van der Waals surface area contributed by atoms with Crippen LogP contribution in [0.1, 0.15) is 25.0 Å². The van der Waals surface area contributed by atoms with Crippen LogP contribution in [-0.2, 0) is 21.2 Å². The van der Waals surface area contributed by atoms with Crippen LogP contribution in [0.2, 0.25) is 0 Å². The van der Waals surface area contributed by atoms with Crippen molar-refractivity contribution in [2.45, 2.75) is 25.8 Å². The van der Waals surface area contributed by atoms with E-state index in [4.69, 9.17) is 4.42 Å². The number of rotatable bonds is 5. The highest BCUT2D eigenvalue weighted by molar-refractivity contribution is 7.91. The van der Waals surface area contributed by atoms with Crippen molar-refractivity contribution in [1.29, 1.82) is 0 Å². The molecule has 0 spiro atoms. The molecule has 128 valence electrons. The zero-order valence-corrected chi connectivity index (χ0v) is 14.1. The Hall–Kier alpha value is -1.34. The molecule has 0 aliphatic carbocycles. The maximum absolute atomic E-state index is 12.2. The number of hydrogen-bond acceptors (Lipinski definition) is 5. The smallest absolute Gasteiger partial charge is 0.223 e. The van der Waals surface area contributed by atoms with E-state index in [0.717, 1.165) is 38.2 Å². The zero-order chi connectivity index (χ0) is 16.3. The van der Waals surface area contributed by atoms with Gasteiger partial charge in [-0.2, -0.15) is 0 Å². The van der Waals surface area contributed by atoms with Crippen LogP contribution in [0.25, 0.3) is 0 Å². The van der Waals surface area contributed by atoms with Crippen molar-refractivity contribution >= 4 is 15.7 Å². The number of nitrogens with zero attached hydrogens (tertiary/aromatic N) is 1. The first-order valence-corrected chi connectivity index (χ1v) is 10.1. The van der Waals surface area contributed by atoms with Crippen LogP contribution in [0.5, 0.6) is 0 Å². The lowest BCUT2D eigenvalue weighted by molar-refractivity contribution is -0.126. The molecule has 1 aromatic rings. The van der Waals surface area contributed by atoms with Gasteiger partial charge in [0.25, 0.3) is 0 Å². The zero-order valence-electron chi connectivity index (χ0n) is 13.2. The highest BCUT2D eigenvalue weighted by Gasteiger charge is 2.30. The summed E-state index contributed by atoms with van der Waals surface area (Å²) in [6.07, 6.45) is 4.04. The quantitative estimate of drug-likeness (QED) is 0.866. The molecular formula is C16H24N2O4S. The van der Waals surface area contributed by atoms with Gasteiger partial charge in [0.05, 0.1) is 24.3 Å². The Bertz CT molecular complexity index is 619. The molecule has 0 radical (unpaired) electrons. The van der Waals surface area contributed by atoms with Crippen LogP contribution in [0.15, 0.2) is 22.8 Å². The molecule has 0 unspecified atom stereocenters. The molecule has 1 atom stereocenters. The van der Waals surface area contributed by atoms with Gasteiger partial charge >= 0.3 is 0 Å². The first-order chi connectivity index (χ1) is 11.0. The van der Waals surface area contributed by atoms with Gasteiger partial charge in [0.2, 0.25) is 5.91 Å². The van der Waals surface area contributed by atoms with Gasteiger partial charge in [-0.1, -0.05) is 0 Å². The second kappa shape index (κ2) is 7.05. The molecule has 0 bridgehead atoms. The summed E-state index contributed by atoms with van der Waals surface area (Å²) in [5.74, 6) is 1.64. The number of piperidine rings is 1. The molecule has 0 aromatic carbocycles. The van der Waals surface area contributed by atoms with Crippen molar-refractivity contribution in [2.24, 2.45) is 11.8 Å². The van der Waals surface area contributed by atoms with Gasteiger partial charge in [-0.05, 0) is 50.4 Å².